The molecule has 4 aromatic rings. The molecule has 0 atom stereocenters. The topological polar surface area (TPSA) is 105 Å². The van der Waals surface area contributed by atoms with Crippen molar-refractivity contribution in [2.24, 2.45) is 0 Å². The van der Waals surface area contributed by atoms with Gasteiger partial charge in [0.15, 0.2) is 5.82 Å². The molecule has 0 aliphatic heterocycles. The molecule has 31 heavy (non-hydrogen) atoms. The second kappa shape index (κ2) is 10.1. The molecule has 0 saturated carbocycles. The molecule has 1 amide bonds. The van der Waals surface area contributed by atoms with Gasteiger partial charge < -0.3 is 10.4 Å². The van der Waals surface area contributed by atoms with Crippen molar-refractivity contribution in [2.75, 3.05) is 5.32 Å². The van der Waals surface area contributed by atoms with Gasteiger partial charge in [0, 0.05) is 30.4 Å². The van der Waals surface area contributed by atoms with E-state index in [1.807, 2.05) is 30.3 Å². The number of hydrogen-bond donors (Lipinski definition) is 2. The molecule has 0 bridgehead atoms. The first-order chi connectivity index (χ1) is 14.6. The number of rotatable bonds is 5. The Labute approximate surface area is 200 Å². The molecule has 2 aromatic carbocycles. The second-order valence-corrected chi connectivity index (χ2v) is 6.42. The zero-order valence-corrected chi connectivity index (χ0v) is 15.7. The van der Waals surface area contributed by atoms with Gasteiger partial charge in [0.1, 0.15) is 0 Å². The van der Waals surface area contributed by atoms with Crippen LogP contribution in [0.3, 0.4) is 0 Å². The third-order valence-corrected chi connectivity index (χ3v) is 4.43. The zero-order chi connectivity index (χ0) is 20.9. The number of aromatic carboxylic acids is 1. The van der Waals surface area contributed by atoms with Gasteiger partial charge in [-0.3, -0.25) is 9.78 Å². The number of carbonyl (C=O) groups excluding carboxylic acids is 1. The number of aromatic nitrogens is 3. The van der Waals surface area contributed by atoms with Gasteiger partial charge in [0.05, 0.1) is 16.8 Å². The Kier molecular flexibility index (Phi) is 7.25. The van der Waals surface area contributed by atoms with Crippen LogP contribution >= 0.6 is 0 Å². The van der Waals surface area contributed by atoms with Gasteiger partial charge in [-0.25, -0.2) is 14.8 Å². The summed E-state index contributed by atoms with van der Waals surface area (Å²) < 4.78 is 0. The molecule has 0 fully saturated rings. The normalized spacial score (nSPS) is 10.1. The number of benzene rings is 2. The van der Waals surface area contributed by atoms with E-state index in [4.69, 9.17) is 0 Å². The van der Waals surface area contributed by atoms with E-state index in [1.165, 1.54) is 12.3 Å². The molecule has 2 N–H and O–H groups in total. The van der Waals surface area contributed by atoms with Crippen LogP contribution in [0.4, 0.5) is 5.69 Å². The number of carboxylic acids is 1. The Bertz CT molecular complexity index is 1220. The number of nitrogens with one attached hydrogen (secondary N) is 1. The summed E-state index contributed by atoms with van der Waals surface area (Å²) in [5, 5.41) is 12.2. The monoisotopic (exact) mass is 420 g/mol. The van der Waals surface area contributed by atoms with E-state index in [9.17, 15) is 14.7 Å². The SMILES string of the molecule is O=C(Nc1cc(-c2ccccc2)ccc1C(=O)O)c1cncc(-c2ncccn2)c1.[NaH]. The summed E-state index contributed by atoms with van der Waals surface area (Å²) in [6.07, 6.45) is 6.17. The van der Waals surface area contributed by atoms with Crippen LogP contribution in [0.5, 0.6) is 0 Å². The Hall–Kier alpha value is -3.39. The van der Waals surface area contributed by atoms with Gasteiger partial charge in [-0.15, -0.1) is 0 Å². The first-order valence-electron chi connectivity index (χ1n) is 9.08. The first-order valence-corrected chi connectivity index (χ1v) is 9.08. The quantitative estimate of drug-likeness (QED) is 0.479. The minimum absolute atomic E-state index is 0. The van der Waals surface area contributed by atoms with E-state index in [1.54, 1.807) is 42.9 Å². The number of carboxylic acid groups (broad SMARTS) is 1. The van der Waals surface area contributed by atoms with Crippen molar-refractivity contribution in [3.8, 4) is 22.5 Å². The van der Waals surface area contributed by atoms with E-state index in [2.05, 4.69) is 20.3 Å². The van der Waals surface area contributed by atoms with Gasteiger partial charge in [0.25, 0.3) is 5.91 Å². The molecule has 0 spiro atoms. The van der Waals surface area contributed by atoms with Crippen LogP contribution in [-0.4, -0.2) is 61.5 Å². The summed E-state index contributed by atoms with van der Waals surface area (Å²) >= 11 is 0. The summed E-state index contributed by atoms with van der Waals surface area (Å²) in [4.78, 5) is 36.9. The van der Waals surface area contributed by atoms with Crippen molar-refractivity contribution < 1.29 is 14.7 Å². The van der Waals surface area contributed by atoms with E-state index < -0.39 is 11.9 Å². The van der Waals surface area contributed by atoms with Crippen LogP contribution in [-0.2, 0) is 0 Å². The molecular formula is C23H17N4NaO3. The van der Waals surface area contributed by atoms with Crippen molar-refractivity contribution in [2.45, 2.75) is 0 Å². The van der Waals surface area contributed by atoms with Crippen LogP contribution in [0, 0.1) is 0 Å². The van der Waals surface area contributed by atoms with Crippen LogP contribution in [0.25, 0.3) is 22.5 Å². The number of anilines is 1. The van der Waals surface area contributed by atoms with E-state index in [0.29, 0.717) is 11.4 Å². The third kappa shape index (κ3) is 5.21. The molecule has 2 aromatic heterocycles. The fourth-order valence-electron chi connectivity index (χ4n) is 2.97. The maximum atomic E-state index is 12.8. The fourth-order valence-corrected chi connectivity index (χ4v) is 2.97. The van der Waals surface area contributed by atoms with Crippen LogP contribution < -0.4 is 5.32 Å². The van der Waals surface area contributed by atoms with E-state index in [-0.39, 0.29) is 46.4 Å². The predicted octanol–water partition coefficient (Wildman–Crippen LogP) is 3.51. The molecular weight excluding hydrogens is 403 g/mol. The van der Waals surface area contributed by atoms with Crippen molar-refractivity contribution in [1.82, 2.24) is 15.0 Å². The molecule has 8 heteroatoms. The number of nitrogens with zero attached hydrogens (tertiary/aromatic N) is 3. The molecule has 0 aliphatic rings. The summed E-state index contributed by atoms with van der Waals surface area (Å²) in [5.74, 6) is -1.17. The molecule has 7 nitrogen and oxygen atoms in total. The van der Waals surface area contributed by atoms with Gasteiger partial charge in [0.2, 0.25) is 0 Å². The second-order valence-electron chi connectivity index (χ2n) is 6.42. The first kappa shape index (κ1) is 22.3. The minimum atomic E-state index is -1.13. The third-order valence-electron chi connectivity index (χ3n) is 4.43. The molecule has 0 unspecified atom stereocenters. The fraction of sp³-hybridized carbons (Fsp3) is 0. The van der Waals surface area contributed by atoms with Crippen molar-refractivity contribution in [3.63, 3.8) is 0 Å². The number of carbonyl (C=O) groups is 2. The van der Waals surface area contributed by atoms with E-state index in [0.717, 1.165) is 11.1 Å². The molecule has 2 heterocycles. The Morgan fingerprint density at radius 1 is 0.806 bits per heavy atom. The Morgan fingerprint density at radius 3 is 2.26 bits per heavy atom. The summed E-state index contributed by atoms with van der Waals surface area (Å²) in [6, 6.07) is 17.6. The molecule has 0 aliphatic carbocycles. The van der Waals surface area contributed by atoms with Gasteiger partial charge in [-0.2, -0.15) is 0 Å². The van der Waals surface area contributed by atoms with Gasteiger partial charge in [-0.05, 0) is 35.4 Å². The number of hydrogen-bond acceptors (Lipinski definition) is 5. The predicted molar refractivity (Wildman–Crippen MR) is 119 cm³/mol. The zero-order valence-electron chi connectivity index (χ0n) is 15.7. The average Bonchev–Trinajstić information content (AvgIpc) is 2.80. The van der Waals surface area contributed by atoms with Crippen molar-refractivity contribution in [1.29, 1.82) is 0 Å². The molecule has 4 rings (SSSR count). The van der Waals surface area contributed by atoms with E-state index >= 15 is 0 Å². The summed E-state index contributed by atoms with van der Waals surface area (Å²) in [7, 11) is 0. The number of pyridine rings is 1. The molecule has 0 radical (unpaired) electrons. The van der Waals surface area contributed by atoms with Crippen LogP contribution in [0.2, 0.25) is 0 Å². The summed E-state index contributed by atoms with van der Waals surface area (Å²) in [5.41, 5.74) is 2.75. The van der Waals surface area contributed by atoms with Gasteiger partial charge in [-0.1, -0.05) is 36.4 Å². The average molecular weight is 420 g/mol. The van der Waals surface area contributed by atoms with Gasteiger partial charge >= 0.3 is 35.5 Å². The Morgan fingerprint density at radius 2 is 1.55 bits per heavy atom. The van der Waals surface area contributed by atoms with Crippen LogP contribution in [0.1, 0.15) is 20.7 Å². The van der Waals surface area contributed by atoms with Crippen molar-refractivity contribution in [3.05, 3.63) is 96.6 Å². The molecule has 0 saturated heterocycles. The standard InChI is InChI=1S/C23H16N4O3.Na.H/c28-22(18-11-17(13-24-14-18)21-25-9-4-10-26-21)27-20-12-16(7-8-19(20)23(29)30)15-5-2-1-3-6-15;;/h1-14H,(H,27,28)(H,29,30);;. The number of amides is 1. The maximum absolute atomic E-state index is 12.8. The summed E-state index contributed by atoms with van der Waals surface area (Å²) in [6.45, 7) is 0. The molecule has 148 valence electrons. The Balaban J connectivity index is 0.00000272. The van der Waals surface area contributed by atoms with Crippen molar-refractivity contribution >= 4 is 47.1 Å². The van der Waals surface area contributed by atoms with Crippen LogP contribution in [0.15, 0.2) is 85.5 Å².